The topological polar surface area (TPSA) is 92.9 Å². The Bertz CT molecular complexity index is 958. The third-order valence-electron chi connectivity index (χ3n) is 3.89. The van der Waals surface area contributed by atoms with E-state index >= 15 is 0 Å². The van der Waals surface area contributed by atoms with Gasteiger partial charge in [0.1, 0.15) is 17.2 Å². The van der Waals surface area contributed by atoms with E-state index in [-0.39, 0.29) is 24.2 Å². The van der Waals surface area contributed by atoms with Crippen molar-refractivity contribution in [2.45, 2.75) is 11.5 Å². The van der Waals surface area contributed by atoms with Crippen LogP contribution in [0, 0.1) is 0 Å². The van der Waals surface area contributed by atoms with Crippen LogP contribution >= 0.6 is 11.8 Å². The van der Waals surface area contributed by atoms with Gasteiger partial charge in [0, 0.05) is 11.0 Å². The van der Waals surface area contributed by atoms with E-state index in [1.165, 1.54) is 11.8 Å². The Morgan fingerprint density at radius 2 is 1.72 bits per heavy atom. The summed E-state index contributed by atoms with van der Waals surface area (Å²) >= 11 is 1.37. The van der Waals surface area contributed by atoms with Gasteiger partial charge < -0.3 is 23.5 Å². The molecule has 0 aliphatic carbocycles. The standard InChI is InChI=1S/C20H20N2O6S/c1-24-13-4-7-15(8-5-13)29-12-19(23)27-11-18-21-20(22-28-18)16-9-6-14(25-2)10-17(16)26-3/h4-10H,11-12H2,1-3H3. The average Bonchev–Trinajstić information content (AvgIpc) is 3.25. The molecule has 3 aromatic rings. The van der Waals surface area contributed by atoms with Crippen molar-refractivity contribution in [1.29, 1.82) is 0 Å². The fourth-order valence-electron chi connectivity index (χ4n) is 2.40. The molecule has 0 saturated heterocycles. The monoisotopic (exact) mass is 416 g/mol. The second kappa shape index (κ2) is 9.83. The van der Waals surface area contributed by atoms with Gasteiger partial charge >= 0.3 is 5.97 Å². The van der Waals surface area contributed by atoms with E-state index in [1.807, 2.05) is 24.3 Å². The molecular formula is C20H20N2O6S. The van der Waals surface area contributed by atoms with E-state index < -0.39 is 0 Å². The van der Waals surface area contributed by atoms with Gasteiger partial charge in [-0.3, -0.25) is 4.79 Å². The second-order valence-electron chi connectivity index (χ2n) is 5.70. The summed E-state index contributed by atoms with van der Waals surface area (Å²) in [4.78, 5) is 17.2. The molecule has 0 aliphatic heterocycles. The van der Waals surface area contributed by atoms with E-state index in [2.05, 4.69) is 10.1 Å². The van der Waals surface area contributed by atoms with Crippen LogP contribution in [0.2, 0.25) is 0 Å². The average molecular weight is 416 g/mol. The summed E-state index contributed by atoms with van der Waals surface area (Å²) in [6, 6.07) is 12.7. The minimum Gasteiger partial charge on any atom is -0.497 e. The van der Waals surface area contributed by atoms with E-state index in [4.69, 9.17) is 23.5 Å². The van der Waals surface area contributed by atoms with Crippen LogP contribution in [0.4, 0.5) is 0 Å². The molecule has 0 aliphatic rings. The number of rotatable bonds is 9. The molecule has 3 rings (SSSR count). The molecule has 2 aromatic carbocycles. The van der Waals surface area contributed by atoms with Gasteiger partial charge in [-0.25, -0.2) is 0 Å². The first-order chi connectivity index (χ1) is 14.1. The van der Waals surface area contributed by atoms with Crippen molar-refractivity contribution in [3.63, 3.8) is 0 Å². The zero-order chi connectivity index (χ0) is 20.6. The summed E-state index contributed by atoms with van der Waals surface area (Å²) in [5.41, 5.74) is 0.643. The molecule has 0 fully saturated rings. The van der Waals surface area contributed by atoms with Crippen LogP contribution in [0.5, 0.6) is 17.2 Å². The second-order valence-corrected chi connectivity index (χ2v) is 6.75. The number of nitrogens with zero attached hydrogens (tertiary/aromatic N) is 2. The smallest absolute Gasteiger partial charge is 0.316 e. The van der Waals surface area contributed by atoms with Crippen molar-refractivity contribution < 1.29 is 28.3 Å². The Balaban J connectivity index is 1.54. The summed E-state index contributed by atoms with van der Waals surface area (Å²) in [6.07, 6.45) is 0. The molecule has 9 heteroatoms. The predicted octanol–water partition coefficient (Wildman–Crippen LogP) is 3.60. The number of hydrogen-bond acceptors (Lipinski definition) is 9. The number of hydrogen-bond donors (Lipinski definition) is 0. The van der Waals surface area contributed by atoms with Gasteiger partial charge in [0.15, 0.2) is 6.61 Å². The van der Waals surface area contributed by atoms with Crippen molar-refractivity contribution in [2.75, 3.05) is 27.1 Å². The number of benzene rings is 2. The lowest BCUT2D eigenvalue weighted by Gasteiger charge is -2.07. The number of carbonyl (C=O) groups is 1. The van der Waals surface area contributed by atoms with Gasteiger partial charge in [-0.05, 0) is 36.4 Å². The normalized spacial score (nSPS) is 10.4. The van der Waals surface area contributed by atoms with Gasteiger partial charge in [0.2, 0.25) is 5.82 Å². The van der Waals surface area contributed by atoms with Gasteiger partial charge in [0.05, 0.1) is 32.6 Å². The summed E-state index contributed by atoms with van der Waals surface area (Å²) in [7, 11) is 4.72. The molecule has 0 spiro atoms. The van der Waals surface area contributed by atoms with Crippen LogP contribution in [0.1, 0.15) is 5.89 Å². The highest BCUT2D eigenvalue weighted by Crippen LogP contribution is 2.31. The zero-order valence-corrected chi connectivity index (χ0v) is 17.0. The fraction of sp³-hybridized carbons (Fsp3) is 0.250. The third-order valence-corrected chi connectivity index (χ3v) is 4.88. The molecule has 0 amide bonds. The number of methoxy groups -OCH3 is 3. The minimum absolute atomic E-state index is 0.104. The summed E-state index contributed by atoms with van der Waals surface area (Å²) in [6.45, 7) is -0.104. The van der Waals surface area contributed by atoms with Crippen LogP contribution in [-0.4, -0.2) is 43.2 Å². The van der Waals surface area contributed by atoms with E-state index in [1.54, 1.807) is 39.5 Å². The summed E-state index contributed by atoms with van der Waals surface area (Å²) < 4.78 is 26.0. The number of carbonyl (C=O) groups excluding carboxylic acids is 1. The van der Waals surface area contributed by atoms with Gasteiger partial charge in [-0.1, -0.05) is 5.16 Å². The fourth-order valence-corrected chi connectivity index (χ4v) is 3.10. The molecule has 0 bridgehead atoms. The Hall–Kier alpha value is -3.20. The molecule has 1 aromatic heterocycles. The lowest BCUT2D eigenvalue weighted by molar-refractivity contribution is -0.142. The van der Waals surface area contributed by atoms with Crippen molar-refractivity contribution in [3.8, 4) is 28.6 Å². The molecule has 152 valence electrons. The predicted molar refractivity (Wildman–Crippen MR) is 106 cm³/mol. The molecule has 0 radical (unpaired) electrons. The Morgan fingerprint density at radius 3 is 2.41 bits per heavy atom. The maximum Gasteiger partial charge on any atom is 0.316 e. The van der Waals surface area contributed by atoms with E-state index in [0.29, 0.717) is 22.9 Å². The Kier molecular flexibility index (Phi) is 6.96. The Morgan fingerprint density at radius 1 is 1.00 bits per heavy atom. The molecule has 29 heavy (non-hydrogen) atoms. The SMILES string of the molecule is COc1ccc(SCC(=O)OCc2nc(-c3ccc(OC)cc3OC)no2)cc1. The highest BCUT2D eigenvalue weighted by atomic mass is 32.2. The number of esters is 1. The number of thioether (sulfide) groups is 1. The first-order valence-corrected chi connectivity index (χ1v) is 9.59. The molecule has 0 unspecified atom stereocenters. The van der Waals surface area contributed by atoms with E-state index in [9.17, 15) is 4.79 Å². The first kappa shape index (κ1) is 20.5. The Labute approximate surface area is 172 Å². The van der Waals surface area contributed by atoms with Crippen molar-refractivity contribution >= 4 is 17.7 Å². The summed E-state index contributed by atoms with van der Waals surface area (Å²) in [5, 5.41) is 3.92. The lowest BCUT2D eigenvalue weighted by atomic mass is 10.2. The van der Waals surface area contributed by atoms with Gasteiger partial charge in [0.25, 0.3) is 5.89 Å². The molecule has 0 N–H and O–H groups in total. The maximum atomic E-state index is 12.0. The maximum absolute atomic E-state index is 12.0. The van der Waals surface area contributed by atoms with Crippen LogP contribution in [-0.2, 0) is 16.1 Å². The highest BCUT2D eigenvalue weighted by Gasteiger charge is 2.15. The van der Waals surface area contributed by atoms with Crippen LogP contribution in [0.3, 0.4) is 0 Å². The molecule has 1 heterocycles. The molecule has 0 atom stereocenters. The van der Waals surface area contributed by atoms with Gasteiger partial charge in [-0.2, -0.15) is 4.98 Å². The minimum atomic E-state index is -0.382. The molecule has 0 saturated carbocycles. The highest BCUT2D eigenvalue weighted by molar-refractivity contribution is 8.00. The number of ether oxygens (including phenoxy) is 4. The first-order valence-electron chi connectivity index (χ1n) is 8.60. The largest absolute Gasteiger partial charge is 0.497 e. The molecule has 8 nitrogen and oxygen atoms in total. The quantitative estimate of drug-likeness (QED) is 0.383. The number of aromatic nitrogens is 2. The lowest BCUT2D eigenvalue weighted by Crippen LogP contribution is -2.07. The molecular weight excluding hydrogens is 396 g/mol. The van der Waals surface area contributed by atoms with Crippen LogP contribution in [0.25, 0.3) is 11.4 Å². The van der Waals surface area contributed by atoms with Gasteiger partial charge in [-0.15, -0.1) is 11.8 Å². The van der Waals surface area contributed by atoms with Crippen molar-refractivity contribution in [1.82, 2.24) is 10.1 Å². The van der Waals surface area contributed by atoms with Crippen molar-refractivity contribution in [2.24, 2.45) is 0 Å². The third kappa shape index (κ3) is 5.41. The van der Waals surface area contributed by atoms with E-state index in [0.717, 1.165) is 10.6 Å². The summed E-state index contributed by atoms with van der Waals surface area (Å²) in [5.74, 6) is 2.27. The van der Waals surface area contributed by atoms with Crippen LogP contribution in [0.15, 0.2) is 51.9 Å². The van der Waals surface area contributed by atoms with Crippen molar-refractivity contribution in [3.05, 3.63) is 48.4 Å². The zero-order valence-electron chi connectivity index (χ0n) is 16.2. The van der Waals surface area contributed by atoms with Crippen LogP contribution < -0.4 is 14.2 Å².